The van der Waals surface area contributed by atoms with E-state index in [0.717, 1.165) is 0 Å². The van der Waals surface area contributed by atoms with Crippen molar-refractivity contribution in [3.8, 4) is 5.75 Å². The van der Waals surface area contributed by atoms with E-state index >= 15 is 0 Å². The van der Waals surface area contributed by atoms with Crippen LogP contribution in [0.25, 0.3) is 11.0 Å². The SMILES string of the molecule is CCOC(=O)[C@H](Oc1ccc2c(C)c(CC(=O)OC)c(=O)oc2c1)c1ccccc1. The van der Waals surface area contributed by atoms with Gasteiger partial charge in [0.05, 0.1) is 25.7 Å². The first-order chi connectivity index (χ1) is 14.4. The molecule has 0 aliphatic carbocycles. The zero-order valence-electron chi connectivity index (χ0n) is 17.0. The highest BCUT2D eigenvalue weighted by atomic mass is 16.6. The highest BCUT2D eigenvalue weighted by Gasteiger charge is 2.24. The van der Waals surface area contributed by atoms with Gasteiger partial charge in [-0.05, 0) is 31.5 Å². The van der Waals surface area contributed by atoms with Crippen LogP contribution in [0.15, 0.2) is 57.7 Å². The molecule has 1 atom stereocenters. The number of fused-ring (bicyclic) bond motifs is 1. The lowest BCUT2D eigenvalue weighted by molar-refractivity contribution is -0.151. The van der Waals surface area contributed by atoms with Crippen LogP contribution in [0.3, 0.4) is 0 Å². The molecule has 0 saturated carbocycles. The molecule has 1 heterocycles. The molecule has 0 bridgehead atoms. The molecule has 0 N–H and O–H groups in total. The van der Waals surface area contributed by atoms with E-state index in [1.165, 1.54) is 7.11 Å². The first-order valence-electron chi connectivity index (χ1n) is 9.46. The van der Waals surface area contributed by atoms with Crippen LogP contribution >= 0.6 is 0 Å². The maximum atomic E-state index is 12.4. The van der Waals surface area contributed by atoms with Crippen LogP contribution in [-0.2, 0) is 25.5 Å². The van der Waals surface area contributed by atoms with Crippen LogP contribution < -0.4 is 10.4 Å². The summed E-state index contributed by atoms with van der Waals surface area (Å²) in [7, 11) is 1.26. The van der Waals surface area contributed by atoms with Gasteiger partial charge in [-0.3, -0.25) is 4.79 Å². The lowest BCUT2D eigenvalue weighted by atomic mass is 10.0. The Hall–Kier alpha value is -3.61. The van der Waals surface area contributed by atoms with Gasteiger partial charge in [0.1, 0.15) is 11.3 Å². The number of hydrogen-bond acceptors (Lipinski definition) is 7. The largest absolute Gasteiger partial charge is 0.474 e. The normalized spacial score (nSPS) is 11.7. The Morgan fingerprint density at radius 1 is 1.10 bits per heavy atom. The third-order valence-corrected chi connectivity index (χ3v) is 4.66. The molecule has 156 valence electrons. The molecular weight excluding hydrogens is 388 g/mol. The Morgan fingerprint density at radius 2 is 1.83 bits per heavy atom. The predicted octanol–water partition coefficient (Wildman–Crippen LogP) is 3.50. The van der Waals surface area contributed by atoms with Gasteiger partial charge in [0, 0.05) is 17.0 Å². The van der Waals surface area contributed by atoms with Crippen LogP contribution in [-0.4, -0.2) is 25.7 Å². The third kappa shape index (κ3) is 4.51. The zero-order chi connectivity index (χ0) is 21.7. The summed E-state index contributed by atoms with van der Waals surface area (Å²) in [5.41, 5.74) is 1.19. The Labute approximate surface area is 173 Å². The van der Waals surface area contributed by atoms with Crippen molar-refractivity contribution in [2.75, 3.05) is 13.7 Å². The average Bonchev–Trinajstić information content (AvgIpc) is 2.75. The van der Waals surface area contributed by atoms with E-state index in [0.29, 0.717) is 27.8 Å². The number of aryl methyl sites for hydroxylation is 1. The van der Waals surface area contributed by atoms with Gasteiger partial charge in [-0.1, -0.05) is 30.3 Å². The van der Waals surface area contributed by atoms with E-state index in [1.54, 1.807) is 56.3 Å². The summed E-state index contributed by atoms with van der Waals surface area (Å²) in [4.78, 5) is 36.4. The fraction of sp³-hybridized carbons (Fsp3) is 0.261. The molecule has 30 heavy (non-hydrogen) atoms. The zero-order valence-corrected chi connectivity index (χ0v) is 17.0. The minimum atomic E-state index is -0.963. The van der Waals surface area contributed by atoms with Gasteiger partial charge in [0.25, 0.3) is 0 Å². The molecule has 2 aromatic carbocycles. The molecule has 0 fully saturated rings. The van der Waals surface area contributed by atoms with Gasteiger partial charge < -0.3 is 18.6 Å². The Kier molecular flexibility index (Phi) is 6.51. The van der Waals surface area contributed by atoms with E-state index in [2.05, 4.69) is 4.74 Å². The smallest absolute Gasteiger partial charge is 0.352 e. The van der Waals surface area contributed by atoms with Crippen molar-refractivity contribution < 1.29 is 28.2 Å². The topological polar surface area (TPSA) is 92.0 Å². The highest BCUT2D eigenvalue weighted by molar-refractivity contribution is 5.84. The minimum absolute atomic E-state index is 0.169. The third-order valence-electron chi connectivity index (χ3n) is 4.66. The number of esters is 2. The van der Waals surface area contributed by atoms with Crippen molar-refractivity contribution in [1.82, 2.24) is 0 Å². The Balaban J connectivity index is 1.98. The first kappa shape index (κ1) is 21.1. The van der Waals surface area contributed by atoms with Crippen molar-refractivity contribution in [3.05, 3.63) is 75.6 Å². The summed E-state index contributed by atoms with van der Waals surface area (Å²) >= 11 is 0. The molecule has 0 unspecified atom stereocenters. The monoisotopic (exact) mass is 410 g/mol. The molecule has 0 spiro atoms. The summed E-state index contributed by atoms with van der Waals surface area (Å²) in [6.45, 7) is 3.68. The average molecular weight is 410 g/mol. The molecule has 0 radical (unpaired) electrons. The second-order valence-electron chi connectivity index (χ2n) is 6.56. The maximum Gasteiger partial charge on any atom is 0.352 e. The summed E-state index contributed by atoms with van der Waals surface area (Å²) in [5.74, 6) is -0.702. The quantitative estimate of drug-likeness (QED) is 0.435. The van der Waals surface area contributed by atoms with Crippen LogP contribution in [0.2, 0.25) is 0 Å². The second-order valence-corrected chi connectivity index (χ2v) is 6.56. The molecule has 7 heteroatoms. The van der Waals surface area contributed by atoms with E-state index in [4.69, 9.17) is 13.9 Å². The second kappa shape index (κ2) is 9.26. The maximum absolute atomic E-state index is 12.4. The standard InChI is InChI=1S/C23H22O7/c1-4-28-23(26)21(15-8-6-5-7-9-15)29-16-10-11-17-14(2)18(13-20(24)27-3)22(25)30-19(17)12-16/h5-12,21H,4,13H2,1-3H3/t21-/m1/s1. The van der Waals surface area contributed by atoms with Crippen LogP contribution in [0.5, 0.6) is 5.75 Å². The van der Waals surface area contributed by atoms with Crippen LogP contribution in [0.4, 0.5) is 0 Å². The predicted molar refractivity (Wildman–Crippen MR) is 109 cm³/mol. The molecule has 0 aliphatic heterocycles. The number of hydrogen-bond donors (Lipinski definition) is 0. The molecule has 7 nitrogen and oxygen atoms in total. The number of carbonyl (C=O) groups is 2. The van der Waals surface area contributed by atoms with Crippen LogP contribution in [0.1, 0.15) is 29.7 Å². The van der Waals surface area contributed by atoms with E-state index in [-0.39, 0.29) is 18.6 Å². The Morgan fingerprint density at radius 3 is 2.50 bits per heavy atom. The minimum Gasteiger partial charge on any atom is -0.474 e. The molecule has 1 aromatic heterocycles. The van der Waals surface area contributed by atoms with Crippen molar-refractivity contribution in [3.63, 3.8) is 0 Å². The number of carbonyl (C=O) groups excluding carboxylic acids is 2. The van der Waals surface area contributed by atoms with Crippen molar-refractivity contribution in [2.24, 2.45) is 0 Å². The summed E-state index contributed by atoms with van der Waals surface area (Å²) in [6.07, 6.45) is -1.13. The number of methoxy groups -OCH3 is 1. The summed E-state index contributed by atoms with van der Waals surface area (Å²) in [5, 5.41) is 0.660. The van der Waals surface area contributed by atoms with Crippen molar-refractivity contribution >= 4 is 22.9 Å². The summed E-state index contributed by atoms with van der Waals surface area (Å²) < 4.78 is 21.1. The van der Waals surface area contributed by atoms with Crippen molar-refractivity contribution in [2.45, 2.75) is 26.4 Å². The van der Waals surface area contributed by atoms with Gasteiger partial charge >= 0.3 is 17.6 Å². The summed E-state index contributed by atoms with van der Waals surface area (Å²) in [6, 6.07) is 13.9. The number of rotatable bonds is 7. The first-order valence-corrected chi connectivity index (χ1v) is 9.46. The van der Waals surface area contributed by atoms with Gasteiger partial charge in [0.15, 0.2) is 0 Å². The van der Waals surface area contributed by atoms with Gasteiger partial charge in [-0.25, -0.2) is 9.59 Å². The fourth-order valence-corrected chi connectivity index (χ4v) is 3.10. The molecule has 0 saturated heterocycles. The lowest BCUT2D eigenvalue weighted by Crippen LogP contribution is -2.21. The van der Waals surface area contributed by atoms with Gasteiger partial charge in [-0.15, -0.1) is 0 Å². The lowest BCUT2D eigenvalue weighted by Gasteiger charge is -2.18. The fourth-order valence-electron chi connectivity index (χ4n) is 3.10. The molecule has 0 aliphatic rings. The van der Waals surface area contributed by atoms with Gasteiger partial charge in [0.2, 0.25) is 6.10 Å². The van der Waals surface area contributed by atoms with E-state index in [1.807, 2.05) is 6.07 Å². The van der Waals surface area contributed by atoms with E-state index < -0.39 is 23.7 Å². The molecule has 3 aromatic rings. The Bertz CT molecular complexity index is 1120. The number of ether oxygens (including phenoxy) is 3. The van der Waals surface area contributed by atoms with Crippen LogP contribution in [0, 0.1) is 6.92 Å². The molecule has 3 rings (SSSR count). The van der Waals surface area contributed by atoms with Gasteiger partial charge in [-0.2, -0.15) is 0 Å². The molecular formula is C23H22O7. The van der Waals surface area contributed by atoms with E-state index in [9.17, 15) is 14.4 Å². The molecule has 0 amide bonds. The highest BCUT2D eigenvalue weighted by Crippen LogP contribution is 2.28. The van der Waals surface area contributed by atoms with Crippen molar-refractivity contribution in [1.29, 1.82) is 0 Å². The number of benzene rings is 2.